The molecule has 0 saturated heterocycles. The number of benzene rings is 1. The highest BCUT2D eigenvalue weighted by Crippen LogP contribution is 2.23. The van der Waals surface area contributed by atoms with Crippen LogP contribution in [-0.2, 0) is 9.47 Å². The topological polar surface area (TPSA) is 30.5 Å². The molecule has 3 nitrogen and oxygen atoms in total. The van der Waals surface area contributed by atoms with Crippen LogP contribution in [0, 0.1) is 13.8 Å². The van der Waals surface area contributed by atoms with Crippen LogP contribution in [-0.4, -0.2) is 27.1 Å². The van der Waals surface area contributed by atoms with Crippen molar-refractivity contribution in [2.24, 2.45) is 0 Å². The molecule has 0 bridgehead atoms. The summed E-state index contributed by atoms with van der Waals surface area (Å²) in [6.07, 6.45) is -0.267. The molecule has 0 aliphatic carbocycles. The molecule has 1 N–H and O–H groups in total. The Kier molecular flexibility index (Phi) is 5.62. The van der Waals surface area contributed by atoms with Crippen molar-refractivity contribution in [3.05, 3.63) is 34.9 Å². The highest BCUT2D eigenvalue weighted by atomic mass is 16.7. The lowest BCUT2D eigenvalue weighted by atomic mass is 9.98. The van der Waals surface area contributed by atoms with Gasteiger partial charge in [0.25, 0.3) is 0 Å². The SMILES string of the molecule is CCNC(c1ccc(C)cc1C)C(OC)OC. The minimum atomic E-state index is -0.267. The Bertz CT molecular complexity index is 348. The monoisotopic (exact) mass is 237 g/mol. The molecule has 0 heterocycles. The molecule has 0 aromatic heterocycles. The average Bonchev–Trinajstić information content (AvgIpc) is 2.30. The quantitative estimate of drug-likeness (QED) is 0.771. The molecule has 0 amide bonds. The standard InChI is InChI=1S/C14H23NO2/c1-6-15-13(14(16-4)17-5)12-8-7-10(2)9-11(12)3/h7-9,13-15H,6H2,1-5H3. The maximum absolute atomic E-state index is 5.37. The number of hydrogen-bond donors (Lipinski definition) is 1. The fraction of sp³-hybridized carbons (Fsp3) is 0.571. The molecule has 0 fully saturated rings. The van der Waals surface area contributed by atoms with Crippen molar-refractivity contribution in [2.75, 3.05) is 20.8 Å². The van der Waals surface area contributed by atoms with E-state index in [0.29, 0.717) is 0 Å². The van der Waals surface area contributed by atoms with Gasteiger partial charge in [-0.05, 0) is 31.5 Å². The summed E-state index contributed by atoms with van der Waals surface area (Å²) in [6.45, 7) is 7.18. The minimum Gasteiger partial charge on any atom is -0.354 e. The van der Waals surface area contributed by atoms with Gasteiger partial charge in [0, 0.05) is 14.2 Å². The Balaban J connectivity index is 3.03. The van der Waals surface area contributed by atoms with E-state index >= 15 is 0 Å². The third-order valence-corrected chi connectivity index (χ3v) is 2.92. The number of nitrogens with one attached hydrogen (secondary N) is 1. The summed E-state index contributed by atoms with van der Waals surface area (Å²) in [5, 5.41) is 3.41. The van der Waals surface area contributed by atoms with Crippen LogP contribution in [0.1, 0.15) is 29.7 Å². The van der Waals surface area contributed by atoms with Gasteiger partial charge < -0.3 is 14.8 Å². The second-order valence-corrected chi connectivity index (χ2v) is 4.24. The van der Waals surface area contributed by atoms with Crippen molar-refractivity contribution in [2.45, 2.75) is 33.1 Å². The zero-order chi connectivity index (χ0) is 12.8. The van der Waals surface area contributed by atoms with Crippen LogP contribution in [0.2, 0.25) is 0 Å². The molecule has 1 aromatic rings. The molecule has 1 atom stereocenters. The molecule has 1 rings (SSSR count). The molecule has 17 heavy (non-hydrogen) atoms. The fourth-order valence-corrected chi connectivity index (χ4v) is 2.12. The molecule has 3 heteroatoms. The first-order valence-electron chi connectivity index (χ1n) is 6.00. The molecule has 0 aliphatic rings. The van der Waals surface area contributed by atoms with Crippen molar-refractivity contribution >= 4 is 0 Å². The van der Waals surface area contributed by atoms with E-state index in [1.165, 1.54) is 16.7 Å². The Morgan fingerprint density at radius 1 is 1.18 bits per heavy atom. The van der Waals surface area contributed by atoms with Crippen molar-refractivity contribution in [3.8, 4) is 0 Å². The summed E-state index contributed by atoms with van der Waals surface area (Å²) >= 11 is 0. The summed E-state index contributed by atoms with van der Waals surface area (Å²) < 4.78 is 10.7. The Hall–Kier alpha value is -0.900. The Morgan fingerprint density at radius 2 is 1.82 bits per heavy atom. The fourth-order valence-electron chi connectivity index (χ4n) is 2.12. The van der Waals surface area contributed by atoms with Gasteiger partial charge in [0.15, 0.2) is 6.29 Å². The first-order chi connectivity index (χ1) is 8.13. The highest BCUT2D eigenvalue weighted by molar-refractivity contribution is 5.33. The van der Waals surface area contributed by atoms with Crippen molar-refractivity contribution in [1.29, 1.82) is 0 Å². The van der Waals surface area contributed by atoms with Crippen LogP contribution in [0.25, 0.3) is 0 Å². The molecule has 96 valence electrons. The van der Waals surface area contributed by atoms with E-state index in [2.05, 4.69) is 44.3 Å². The first kappa shape index (κ1) is 14.2. The molecule has 1 unspecified atom stereocenters. The van der Waals surface area contributed by atoms with E-state index in [9.17, 15) is 0 Å². The number of likely N-dealkylation sites (N-methyl/N-ethyl adjacent to an activating group) is 1. The molecular weight excluding hydrogens is 214 g/mol. The Morgan fingerprint density at radius 3 is 2.29 bits per heavy atom. The van der Waals surface area contributed by atoms with Crippen LogP contribution < -0.4 is 5.32 Å². The van der Waals surface area contributed by atoms with E-state index < -0.39 is 0 Å². The normalized spacial score (nSPS) is 13.1. The van der Waals surface area contributed by atoms with Crippen molar-refractivity contribution in [3.63, 3.8) is 0 Å². The summed E-state index contributed by atoms with van der Waals surface area (Å²) in [5.41, 5.74) is 3.76. The van der Waals surface area contributed by atoms with Crippen LogP contribution in [0.4, 0.5) is 0 Å². The molecular formula is C14H23NO2. The second-order valence-electron chi connectivity index (χ2n) is 4.24. The van der Waals surface area contributed by atoms with Gasteiger partial charge in [-0.2, -0.15) is 0 Å². The lowest BCUT2D eigenvalue weighted by molar-refractivity contribution is -0.124. The molecule has 0 aliphatic heterocycles. The van der Waals surface area contributed by atoms with Gasteiger partial charge >= 0.3 is 0 Å². The number of aryl methyl sites for hydroxylation is 2. The van der Waals surface area contributed by atoms with Crippen molar-refractivity contribution in [1.82, 2.24) is 5.32 Å². The van der Waals surface area contributed by atoms with Crippen LogP contribution in [0.15, 0.2) is 18.2 Å². The predicted octanol–water partition coefficient (Wildman–Crippen LogP) is 2.57. The lowest BCUT2D eigenvalue weighted by Crippen LogP contribution is -2.35. The molecule has 1 aromatic carbocycles. The van der Waals surface area contributed by atoms with Crippen LogP contribution >= 0.6 is 0 Å². The molecule has 0 spiro atoms. The summed E-state index contributed by atoms with van der Waals surface area (Å²) in [6, 6.07) is 6.51. The van der Waals surface area contributed by atoms with Crippen LogP contribution in [0.3, 0.4) is 0 Å². The van der Waals surface area contributed by atoms with Crippen LogP contribution in [0.5, 0.6) is 0 Å². The predicted molar refractivity (Wildman–Crippen MR) is 70.1 cm³/mol. The summed E-state index contributed by atoms with van der Waals surface area (Å²) in [7, 11) is 3.34. The van der Waals surface area contributed by atoms with E-state index in [0.717, 1.165) is 6.54 Å². The minimum absolute atomic E-state index is 0.0654. The van der Waals surface area contributed by atoms with Gasteiger partial charge in [0.1, 0.15) is 0 Å². The maximum Gasteiger partial charge on any atom is 0.176 e. The van der Waals surface area contributed by atoms with Gasteiger partial charge in [0.05, 0.1) is 6.04 Å². The van der Waals surface area contributed by atoms with Gasteiger partial charge in [0.2, 0.25) is 0 Å². The first-order valence-corrected chi connectivity index (χ1v) is 6.00. The second kappa shape index (κ2) is 6.74. The van der Waals surface area contributed by atoms with E-state index in [4.69, 9.17) is 9.47 Å². The zero-order valence-corrected chi connectivity index (χ0v) is 11.4. The zero-order valence-electron chi connectivity index (χ0n) is 11.4. The van der Waals surface area contributed by atoms with Gasteiger partial charge in [-0.3, -0.25) is 0 Å². The summed E-state index contributed by atoms with van der Waals surface area (Å²) in [4.78, 5) is 0. The summed E-state index contributed by atoms with van der Waals surface area (Å²) in [5.74, 6) is 0. The van der Waals surface area contributed by atoms with Gasteiger partial charge in [-0.25, -0.2) is 0 Å². The number of methoxy groups -OCH3 is 2. The Labute approximate surface area is 104 Å². The number of ether oxygens (including phenoxy) is 2. The molecule has 0 saturated carbocycles. The van der Waals surface area contributed by atoms with Gasteiger partial charge in [-0.1, -0.05) is 30.7 Å². The van der Waals surface area contributed by atoms with E-state index in [1.807, 2.05) is 0 Å². The van der Waals surface area contributed by atoms with Crippen molar-refractivity contribution < 1.29 is 9.47 Å². The third-order valence-electron chi connectivity index (χ3n) is 2.92. The van der Waals surface area contributed by atoms with E-state index in [-0.39, 0.29) is 12.3 Å². The number of hydrogen-bond acceptors (Lipinski definition) is 3. The average molecular weight is 237 g/mol. The van der Waals surface area contributed by atoms with Gasteiger partial charge in [-0.15, -0.1) is 0 Å². The lowest BCUT2D eigenvalue weighted by Gasteiger charge is -2.27. The highest BCUT2D eigenvalue weighted by Gasteiger charge is 2.23. The largest absolute Gasteiger partial charge is 0.354 e. The third kappa shape index (κ3) is 3.53. The smallest absolute Gasteiger partial charge is 0.176 e. The molecule has 0 radical (unpaired) electrons. The maximum atomic E-state index is 5.37. The van der Waals surface area contributed by atoms with E-state index in [1.54, 1.807) is 14.2 Å². The number of rotatable bonds is 6.